The molecule has 0 unspecified atom stereocenters. The largest absolute Gasteiger partial charge is 0.324 e. The highest BCUT2D eigenvalue weighted by Crippen LogP contribution is 2.31. The number of benzene rings is 2. The molecular formula is C17H13FN4O2. The van der Waals surface area contributed by atoms with Gasteiger partial charge in [0.05, 0.1) is 17.5 Å². The second-order valence-corrected chi connectivity index (χ2v) is 5.56. The first kappa shape index (κ1) is 14.4. The standard InChI is InChI=1S/C17H13FN4O2/c18-10-4-3-5-11(8-10)19-16(24)14-9-15(23)21-17-20-12-6-1-2-7-13(12)22(14)17/h1-8,14H,9H2,(H,19,24)(H,20,21,23)/t14-/m1/s1. The predicted octanol–water partition coefficient (Wildman–Crippen LogP) is 2.70. The monoisotopic (exact) mass is 324 g/mol. The second kappa shape index (κ2) is 5.45. The quantitative estimate of drug-likeness (QED) is 0.761. The summed E-state index contributed by atoms with van der Waals surface area (Å²) in [5, 5.41) is 5.34. The molecule has 1 aromatic heterocycles. The molecule has 6 nitrogen and oxygen atoms in total. The minimum absolute atomic E-state index is 0.00545. The number of nitrogens with zero attached hydrogens (tertiary/aromatic N) is 2. The SMILES string of the molecule is O=C1C[C@H](C(=O)Nc2cccc(F)c2)n2c(nc3ccccc32)N1. The van der Waals surface area contributed by atoms with Crippen LogP contribution in [0.2, 0.25) is 0 Å². The maximum absolute atomic E-state index is 13.3. The zero-order valence-corrected chi connectivity index (χ0v) is 12.5. The third-order valence-electron chi connectivity index (χ3n) is 3.93. The van der Waals surface area contributed by atoms with Crippen molar-refractivity contribution in [2.24, 2.45) is 0 Å². The number of nitrogens with one attached hydrogen (secondary N) is 2. The Labute approximate surface area is 136 Å². The van der Waals surface area contributed by atoms with Crippen LogP contribution >= 0.6 is 0 Å². The summed E-state index contributed by atoms with van der Waals surface area (Å²) in [7, 11) is 0. The van der Waals surface area contributed by atoms with E-state index in [1.54, 1.807) is 10.6 Å². The first-order chi connectivity index (χ1) is 11.6. The predicted molar refractivity (Wildman–Crippen MR) is 87.0 cm³/mol. The number of rotatable bonds is 2. The zero-order chi connectivity index (χ0) is 16.7. The third-order valence-corrected chi connectivity index (χ3v) is 3.93. The van der Waals surface area contributed by atoms with E-state index in [2.05, 4.69) is 15.6 Å². The molecule has 0 saturated carbocycles. The molecule has 1 aliphatic rings. The lowest BCUT2D eigenvalue weighted by molar-refractivity contribution is -0.124. The molecule has 2 heterocycles. The van der Waals surface area contributed by atoms with Crippen LogP contribution in [0.25, 0.3) is 11.0 Å². The lowest BCUT2D eigenvalue weighted by Gasteiger charge is -2.24. The molecule has 7 heteroatoms. The number of para-hydroxylation sites is 2. The molecule has 120 valence electrons. The van der Waals surface area contributed by atoms with Gasteiger partial charge in [0, 0.05) is 5.69 Å². The van der Waals surface area contributed by atoms with Gasteiger partial charge in [0.15, 0.2) is 0 Å². The maximum atomic E-state index is 13.3. The van der Waals surface area contributed by atoms with Crippen LogP contribution in [-0.4, -0.2) is 21.4 Å². The molecule has 1 atom stereocenters. The minimum Gasteiger partial charge on any atom is -0.324 e. The van der Waals surface area contributed by atoms with Gasteiger partial charge in [-0.25, -0.2) is 9.37 Å². The molecule has 2 amide bonds. The van der Waals surface area contributed by atoms with E-state index in [0.717, 1.165) is 5.52 Å². The molecule has 0 saturated heterocycles. The Morgan fingerprint density at radius 3 is 2.92 bits per heavy atom. The van der Waals surface area contributed by atoms with Crippen molar-refractivity contribution >= 4 is 34.5 Å². The fourth-order valence-electron chi connectivity index (χ4n) is 2.89. The van der Waals surface area contributed by atoms with Crippen molar-refractivity contribution in [3.8, 4) is 0 Å². The lowest BCUT2D eigenvalue weighted by Crippen LogP contribution is -2.35. The van der Waals surface area contributed by atoms with E-state index in [-0.39, 0.29) is 18.2 Å². The Hall–Kier alpha value is -3.22. The fourth-order valence-corrected chi connectivity index (χ4v) is 2.89. The van der Waals surface area contributed by atoms with Crippen LogP contribution in [0.3, 0.4) is 0 Å². The highest BCUT2D eigenvalue weighted by atomic mass is 19.1. The van der Waals surface area contributed by atoms with Crippen LogP contribution in [0, 0.1) is 5.82 Å². The minimum atomic E-state index is -0.746. The molecule has 0 spiro atoms. The van der Waals surface area contributed by atoms with Crippen LogP contribution in [0.5, 0.6) is 0 Å². The second-order valence-electron chi connectivity index (χ2n) is 5.56. The summed E-state index contributed by atoms with van der Waals surface area (Å²) >= 11 is 0. The summed E-state index contributed by atoms with van der Waals surface area (Å²) in [6.07, 6.45) is -0.00545. The van der Waals surface area contributed by atoms with E-state index >= 15 is 0 Å². The average Bonchev–Trinajstić information content (AvgIpc) is 2.92. The van der Waals surface area contributed by atoms with E-state index in [4.69, 9.17) is 0 Å². The van der Waals surface area contributed by atoms with Crippen molar-refractivity contribution in [3.63, 3.8) is 0 Å². The van der Waals surface area contributed by atoms with E-state index < -0.39 is 11.9 Å². The molecule has 0 radical (unpaired) electrons. The van der Waals surface area contributed by atoms with Gasteiger partial charge in [-0.15, -0.1) is 0 Å². The Morgan fingerprint density at radius 2 is 2.08 bits per heavy atom. The molecule has 1 aliphatic heterocycles. The molecule has 0 bridgehead atoms. The number of fused-ring (bicyclic) bond motifs is 3. The highest BCUT2D eigenvalue weighted by Gasteiger charge is 2.32. The number of hydrogen-bond donors (Lipinski definition) is 2. The number of aromatic nitrogens is 2. The van der Waals surface area contributed by atoms with Crippen molar-refractivity contribution in [3.05, 3.63) is 54.3 Å². The number of halogens is 1. The van der Waals surface area contributed by atoms with Gasteiger partial charge in [-0.2, -0.15) is 0 Å². The number of carbonyl (C=O) groups excluding carboxylic acids is 2. The number of carbonyl (C=O) groups is 2. The Bertz CT molecular complexity index is 966. The van der Waals surface area contributed by atoms with Crippen molar-refractivity contribution in [1.82, 2.24) is 9.55 Å². The van der Waals surface area contributed by atoms with Gasteiger partial charge < -0.3 is 5.32 Å². The molecular weight excluding hydrogens is 311 g/mol. The number of hydrogen-bond acceptors (Lipinski definition) is 3. The van der Waals surface area contributed by atoms with Crippen LogP contribution < -0.4 is 10.6 Å². The van der Waals surface area contributed by atoms with Crippen molar-refractivity contribution < 1.29 is 14.0 Å². The van der Waals surface area contributed by atoms with Crippen molar-refractivity contribution in [2.45, 2.75) is 12.5 Å². The summed E-state index contributed by atoms with van der Waals surface area (Å²) in [6.45, 7) is 0. The summed E-state index contributed by atoms with van der Waals surface area (Å²) in [4.78, 5) is 28.9. The van der Waals surface area contributed by atoms with Gasteiger partial charge >= 0.3 is 0 Å². The van der Waals surface area contributed by atoms with Crippen LogP contribution in [0.1, 0.15) is 12.5 Å². The smallest absolute Gasteiger partial charge is 0.248 e. The lowest BCUT2D eigenvalue weighted by atomic mass is 10.1. The van der Waals surface area contributed by atoms with E-state index in [9.17, 15) is 14.0 Å². The van der Waals surface area contributed by atoms with Gasteiger partial charge in [0.2, 0.25) is 17.8 Å². The maximum Gasteiger partial charge on any atom is 0.248 e. The van der Waals surface area contributed by atoms with E-state index in [1.165, 1.54) is 18.2 Å². The summed E-state index contributed by atoms with van der Waals surface area (Å²) < 4.78 is 15.0. The molecule has 24 heavy (non-hydrogen) atoms. The van der Waals surface area contributed by atoms with Crippen LogP contribution in [0.15, 0.2) is 48.5 Å². The van der Waals surface area contributed by atoms with Gasteiger partial charge in [0.25, 0.3) is 0 Å². The number of anilines is 2. The summed E-state index contributed by atoms with van der Waals surface area (Å²) in [5.41, 5.74) is 1.79. The number of imidazole rings is 1. The molecule has 0 aliphatic carbocycles. The Morgan fingerprint density at radius 1 is 1.25 bits per heavy atom. The van der Waals surface area contributed by atoms with E-state index in [0.29, 0.717) is 17.2 Å². The topological polar surface area (TPSA) is 76.0 Å². The zero-order valence-electron chi connectivity index (χ0n) is 12.5. The number of amides is 2. The summed E-state index contributed by atoms with van der Waals surface area (Å²) in [5.74, 6) is -0.771. The highest BCUT2D eigenvalue weighted by molar-refractivity contribution is 6.02. The molecule has 4 rings (SSSR count). The van der Waals surface area contributed by atoms with Gasteiger partial charge in [-0.05, 0) is 30.3 Å². The van der Waals surface area contributed by atoms with E-state index in [1.807, 2.05) is 24.3 Å². The first-order valence-corrected chi connectivity index (χ1v) is 7.45. The van der Waals surface area contributed by atoms with Crippen molar-refractivity contribution in [2.75, 3.05) is 10.6 Å². The van der Waals surface area contributed by atoms with Gasteiger partial charge in [0.1, 0.15) is 11.9 Å². The molecule has 3 aromatic rings. The van der Waals surface area contributed by atoms with Gasteiger partial charge in [-0.1, -0.05) is 18.2 Å². The molecule has 2 aromatic carbocycles. The van der Waals surface area contributed by atoms with Crippen LogP contribution in [-0.2, 0) is 9.59 Å². The molecule has 2 N–H and O–H groups in total. The fraction of sp³-hybridized carbons (Fsp3) is 0.118. The molecule has 0 fully saturated rings. The first-order valence-electron chi connectivity index (χ1n) is 7.45. The van der Waals surface area contributed by atoms with Crippen molar-refractivity contribution in [1.29, 1.82) is 0 Å². The van der Waals surface area contributed by atoms with Gasteiger partial charge in [-0.3, -0.25) is 19.5 Å². The normalized spacial score (nSPS) is 16.5. The Balaban J connectivity index is 1.73. The van der Waals surface area contributed by atoms with Crippen LogP contribution in [0.4, 0.5) is 16.0 Å². The third kappa shape index (κ3) is 2.40. The summed E-state index contributed by atoms with van der Waals surface area (Å²) in [6, 6.07) is 12.2. The average molecular weight is 324 g/mol. The Kier molecular flexibility index (Phi) is 3.26.